The van der Waals surface area contributed by atoms with Crippen LogP contribution in [0.1, 0.15) is 106 Å². The number of carbonyl (C=O) groups is 4. The number of carbonyl (C=O) groups excluding carboxylic acids is 4. The standard InChI is InChI=1S/C51H66N8O8S2/c1-31(2)41-30-68-48(55-41)40-28-44(37-17-18-43(66-6)32(3)45(37)54-40)67-36-27-42(46(52)60)59(29-36)50(63)39(53-35-15-12-14-34(25-35)49(62)58-23-21-57(5)22-24-58)16-11-9-7-8-10-13-33-26-38(33)47(61)56-69(64,65)51(4)19-20-51/h10,12-15,17-18,25,28,30-31,33,36,38-39,42,53H,7-9,11,16,19-24,26-27,29H2,1-6H3,(H2,52,60)(H,56,61). The third-order valence-electron chi connectivity index (χ3n) is 14.2. The first kappa shape index (κ1) is 49.8. The first-order chi connectivity index (χ1) is 32.9. The Morgan fingerprint density at radius 2 is 1.77 bits per heavy atom. The van der Waals surface area contributed by atoms with Crippen LogP contribution in [-0.4, -0.2) is 127 Å². The Labute approximate surface area is 409 Å². The Kier molecular flexibility index (Phi) is 15.0. The maximum absolute atomic E-state index is 14.9. The number of nitrogens with zero attached hydrogens (tertiary/aromatic N) is 5. The van der Waals surface area contributed by atoms with Crippen molar-refractivity contribution in [2.75, 3.05) is 52.2 Å². The number of methoxy groups -OCH3 is 1. The van der Waals surface area contributed by atoms with Gasteiger partial charge >= 0.3 is 0 Å². The summed E-state index contributed by atoms with van der Waals surface area (Å²) in [7, 11) is 0.00210. The second-order valence-electron chi connectivity index (χ2n) is 19.8. The van der Waals surface area contributed by atoms with E-state index in [4.69, 9.17) is 25.2 Å². The maximum atomic E-state index is 14.9. The van der Waals surface area contributed by atoms with Gasteiger partial charge in [0.2, 0.25) is 27.7 Å². The fraction of sp³-hybridized carbons (Fsp3) is 0.529. The summed E-state index contributed by atoms with van der Waals surface area (Å²) < 4.78 is 39.0. The van der Waals surface area contributed by atoms with E-state index in [2.05, 4.69) is 28.8 Å². The van der Waals surface area contributed by atoms with Crippen LogP contribution in [0.4, 0.5) is 5.69 Å². The fourth-order valence-electron chi connectivity index (χ4n) is 9.21. The van der Waals surface area contributed by atoms with Crippen LogP contribution in [0.15, 0.2) is 60.0 Å². The number of fused-ring (bicyclic) bond motifs is 1. The lowest BCUT2D eigenvalue weighted by molar-refractivity contribution is -0.138. The number of allylic oxidation sites excluding steroid dienone is 2. The summed E-state index contributed by atoms with van der Waals surface area (Å²) in [5.74, 6) is -0.246. The van der Waals surface area contributed by atoms with Crippen molar-refractivity contribution >= 4 is 61.6 Å². The number of likely N-dealkylation sites (N-methyl/N-ethyl adjacent to an activating group) is 1. The molecule has 2 saturated carbocycles. The highest BCUT2D eigenvalue weighted by Gasteiger charge is 2.52. The van der Waals surface area contributed by atoms with Crippen LogP contribution in [0.25, 0.3) is 21.6 Å². The number of sulfonamides is 1. The van der Waals surface area contributed by atoms with Gasteiger partial charge in [-0.2, -0.15) is 0 Å². The number of nitrogens with two attached hydrogens (primary N) is 1. The van der Waals surface area contributed by atoms with Gasteiger partial charge in [-0.15, -0.1) is 11.3 Å². The minimum Gasteiger partial charge on any atom is -0.496 e. The molecule has 5 atom stereocenters. The number of likely N-dealkylation sites (tertiary alicyclic amines) is 1. The van der Waals surface area contributed by atoms with Gasteiger partial charge in [-0.1, -0.05) is 44.9 Å². The number of rotatable bonds is 20. The predicted molar refractivity (Wildman–Crippen MR) is 268 cm³/mol. The number of hydrogen-bond donors (Lipinski definition) is 3. The molecule has 4 aliphatic rings. The molecule has 4 amide bonds. The number of ether oxygens (including phenoxy) is 2. The lowest BCUT2D eigenvalue weighted by Gasteiger charge is -2.32. The molecule has 2 aliphatic heterocycles. The molecule has 4 fully saturated rings. The number of nitrogens with one attached hydrogen (secondary N) is 2. The molecule has 370 valence electrons. The molecular weight excluding hydrogens is 917 g/mol. The molecule has 4 N–H and O–H groups in total. The van der Waals surface area contributed by atoms with E-state index >= 15 is 0 Å². The molecule has 0 spiro atoms. The highest BCUT2D eigenvalue weighted by molar-refractivity contribution is 7.91. The van der Waals surface area contributed by atoms with Crippen molar-refractivity contribution in [1.82, 2.24) is 29.4 Å². The van der Waals surface area contributed by atoms with E-state index < -0.39 is 44.8 Å². The van der Waals surface area contributed by atoms with E-state index in [1.54, 1.807) is 31.1 Å². The molecule has 2 aromatic carbocycles. The minimum atomic E-state index is -3.66. The Balaban J connectivity index is 0.967. The molecule has 2 saturated heterocycles. The molecule has 18 heteroatoms. The molecule has 2 aromatic heterocycles. The zero-order valence-electron chi connectivity index (χ0n) is 40.5. The molecule has 69 heavy (non-hydrogen) atoms. The molecule has 0 radical (unpaired) electrons. The van der Waals surface area contributed by atoms with E-state index in [0.717, 1.165) is 54.0 Å². The summed E-state index contributed by atoms with van der Waals surface area (Å²) in [6, 6.07) is 11.2. The highest BCUT2D eigenvalue weighted by atomic mass is 32.2. The number of anilines is 1. The lowest BCUT2D eigenvalue weighted by atomic mass is 10.0. The van der Waals surface area contributed by atoms with E-state index in [1.165, 1.54) is 11.3 Å². The topological polar surface area (TPSA) is 206 Å². The third-order valence-corrected chi connectivity index (χ3v) is 17.2. The average molecular weight is 983 g/mol. The predicted octanol–water partition coefficient (Wildman–Crippen LogP) is 6.64. The van der Waals surface area contributed by atoms with Crippen molar-refractivity contribution in [2.45, 2.75) is 114 Å². The number of aromatic nitrogens is 2. The quantitative estimate of drug-likeness (QED) is 0.0630. The average Bonchev–Trinajstić information content (AvgIpc) is 4.16. The molecule has 4 heterocycles. The van der Waals surface area contributed by atoms with Crippen molar-refractivity contribution in [1.29, 1.82) is 0 Å². The van der Waals surface area contributed by atoms with Crippen LogP contribution < -0.4 is 25.2 Å². The smallest absolute Gasteiger partial charge is 0.254 e. The van der Waals surface area contributed by atoms with Crippen LogP contribution in [0.5, 0.6) is 11.5 Å². The van der Waals surface area contributed by atoms with Crippen molar-refractivity contribution in [3.05, 3.63) is 76.8 Å². The summed E-state index contributed by atoms with van der Waals surface area (Å²) in [5.41, 5.74) is 10.4. The zero-order chi connectivity index (χ0) is 49.2. The van der Waals surface area contributed by atoms with Gasteiger partial charge in [0.15, 0.2) is 0 Å². The first-order valence-electron chi connectivity index (χ1n) is 24.2. The van der Waals surface area contributed by atoms with Crippen LogP contribution in [-0.2, 0) is 24.4 Å². The molecular formula is C51H66N8O8S2. The Morgan fingerprint density at radius 3 is 2.46 bits per heavy atom. The lowest BCUT2D eigenvalue weighted by Crippen LogP contribution is -2.49. The van der Waals surface area contributed by atoms with Gasteiger partial charge in [-0.05, 0) is 102 Å². The van der Waals surface area contributed by atoms with Crippen LogP contribution in [0, 0.1) is 18.8 Å². The second-order valence-corrected chi connectivity index (χ2v) is 22.8. The SMILES string of the molecule is COc1ccc2c(OC3CC(C(N)=O)N(C(=O)C(CCCCCC=CC4CC4C(=O)NS(=O)(=O)C4(C)CC4)Nc4cccc(C(=O)N5CCN(C)CC5)c4)C3)cc(-c3nc(C(C)C)cs3)nc2c1C. The number of hydrogen-bond acceptors (Lipinski definition) is 13. The van der Waals surface area contributed by atoms with E-state index in [0.29, 0.717) is 79.2 Å². The number of benzene rings is 2. The molecule has 16 nitrogen and oxygen atoms in total. The van der Waals surface area contributed by atoms with E-state index in [9.17, 15) is 27.6 Å². The van der Waals surface area contributed by atoms with Gasteiger partial charge in [0.05, 0.1) is 29.6 Å². The Hall–Kier alpha value is -5.59. The molecule has 5 unspecified atom stereocenters. The summed E-state index contributed by atoms with van der Waals surface area (Å²) >= 11 is 1.51. The molecule has 2 aliphatic carbocycles. The van der Waals surface area contributed by atoms with Gasteiger partial charge < -0.3 is 35.2 Å². The summed E-state index contributed by atoms with van der Waals surface area (Å²) in [6.45, 7) is 10.8. The number of pyridine rings is 1. The number of unbranched alkanes of at least 4 members (excludes halogenated alkanes) is 3. The Morgan fingerprint density at radius 1 is 1.00 bits per heavy atom. The zero-order valence-corrected chi connectivity index (χ0v) is 42.2. The van der Waals surface area contributed by atoms with Crippen molar-refractivity contribution < 1.29 is 37.1 Å². The second kappa shape index (κ2) is 20.8. The number of primary amides is 1. The molecule has 8 rings (SSSR count). The largest absolute Gasteiger partial charge is 0.496 e. The third kappa shape index (κ3) is 11.4. The monoisotopic (exact) mass is 982 g/mol. The van der Waals surface area contributed by atoms with Crippen LogP contribution in [0.2, 0.25) is 0 Å². The van der Waals surface area contributed by atoms with Gasteiger partial charge in [0.25, 0.3) is 5.91 Å². The minimum absolute atomic E-state index is 0.0201. The van der Waals surface area contributed by atoms with Crippen molar-refractivity contribution in [2.24, 2.45) is 17.6 Å². The molecule has 4 aromatic rings. The number of aryl methyl sites for hydroxylation is 1. The van der Waals surface area contributed by atoms with Gasteiger partial charge in [0, 0.05) is 72.2 Å². The molecule has 0 bridgehead atoms. The summed E-state index contributed by atoms with van der Waals surface area (Å²) in [6.07, 6.45) is 8.95. The van der Waals surface area contributed by atoms with Crippen molar-refractivity contribution in [3.8, 4) is 22.2 Å². The van der Waals surface area contributed by atoms with E-state index in [-0.39, 0.29) is 42.5 Å². The highest BCUT2D eigenvalue weighted by Crippen LogP contribution is 2.44. The Bertz CT molecular complexity index is 2710. The van der Waals surface area contributed by atoms with E-state index in [1.807, 2.05) is 66.7 Å². The number of amides is 4. The first-order valence-corrected chi connectivity index (χ1v) is 26.6. The van der Waals surface area contributed by atoms with Crippen LogP contribution in [0.3, 0.4) is 0 Å². The van der Waals surface area contributed by atoms with Crippen molar-refractivity contribution in [3.63, 3.8) is 0 Å². The van der Waals surface area contributed by atoms with Gasteiger partial charge in [-0.3, -0.25) is 23.9 Å². The summed E-state index contributed by atoms with van der Waals surface area (Å²) in [4.78, 5) is 69.8. The number of thiazole rings is 1. The number of piperazine rings is 1. The van der Waals surface area contributed by atoms with Crippen LogP contribution >= 0.6 is 11.3 Å². The summed E-state index contributed by atoms with van der Waals surface area (Å²) in [5, 5.41) is 6.99. The van der Waals surface area contributed by atoms with Gasteiger partial charge in [-0.25, -0.2) is 18.4 Å². The fourth-order valence-corrected chi connectivity index (χ4v) is 11.5. The normalized spacial score (nSPS) is 21.7. The maximum Gasteiger partial charge on any atom is 0.254 e. The van der Waals surface area contributed by atoms with Gasteiger partial charge in [0.1, 0.15) is 40.4 Å².